The summed E-state index contributed by atoms with van der Waals surface area (Å²) in [6.07, 6.45) is 5.04. The Labute approximate surface area is 84.3 Å². The Balaban J connectivity index is 2.45. The van der Waals surface area contributed by atoms with Crippen LogP contribution in [0, 0.1) is 0 Å². The van der Waals surface area contributed by atoms with Crippen molar-refractivity contribution in [3.63, 3.8) is 0 Å². The lowest BCUT2D eigenvalue weighted by Gasteiger charge is -2.11. The summed E-state index contributed by atoms with van der Waals surface area (Å²) in [6, 6.07) is 3.72. The molecule has 3 heteroatoms. The van der Waals surface area contributed by atoms with Crippen LogP contribution in [0.2, 0.25) is 0 Å². The van der Waals surface area contributed by atoms with Gasteiger partial charge >= 0.3 is 0 Å². The molecule has 0 radical (unpaired) electrons. The fourth-order valence-electron chi connectivity index (χ4n) is 1.05. The van der Waals surface area contributed by atoms with E-state index in [1.54, 1.807) is 6.26 Å². The summed E-state index contributed by atoms with van der Waals surface area (Å²) in [5.41, 5.74) is 0. The van der Waals surface area contributed by atoms with Crippen LogP contribution in [0.1, 0.15) is 19.6 Å². The number of ether oxygens (including phenoxy) is 2. The highest BCUT2D eigenvalue weighted by Crippen LogP contribution is 2.05. The number of hydrogen-bond acceptors (Lipinski definition) is 3. The van der Waals surface area contributed by atoms with Gasteiger partial charge in [0, 0.05) is 13.2 Å². The minimum Gasteiger partial charge on any atom is -0.465 e. The first-order chi connectivity index (χ1) is 6.86. The summed E-state index contributed by atoms with van der Waals surface area (Å²) in [4.78, 5) is 0. The van der Waals surface area contributed by atoms with E-state index in [4.69, 9.17) is 13.9 Å². The molecule has 0 saturated carbocycles. The first-order valence-electron chi connectivity index (χ1n) is 4.81. The molecule has 0 aliphatic carbocycles. The summed E-state index contributed by atoms with van der Waals surface area (Å²) in [7, 11) is 0. The minimum absolute atomic E-state index is 0.282. The molecular formula is C11H16O3. The summed E-state index contributed by atoms with van der Waals surface area (Å²) >= 11 is 0. The van der Waals surface area contributed by atoms with Crippen molar-refractivity contribution in [2.24, 2.45) is 0 Å². The van der Waals surface area contributed by atoms with E-state index < -0.39 is 0 Å². The van der Waals surface area contributed by atoms with Gasteiger partial charge in [0.1, 0.15) is 5.76 Å². The molecule has 3 nitrogen and oxygen atoms in total. The molecule has 78 valence electrons. The van der Waals surface area contributed by atoms with Crippen LogP contribution in [0.15, 0.2) is 28.9 Å². The molecule has 0 aliphatic rings. The lowest BCUT2D eigenvalue weighted by Crippen LogP contribution is -2.13. The van der Waals surface area contributed by atoms with Crippen LogP contribution in [0.3, 0.4) is 0 Å². The molecule has 14 heavy (non-hydrogen) atoms. The molecule has 1 aromatic rings. The first kappa shape index (κ1) is 11.0. The van der Waals surface area contributed by atoms with Crippen LogP contribution in [-0.2, 0) is 9.47 Å². The van der Waals surface area contributed by atoms with Crippen molar-refractivity contribution in [3.05, 3.63) is 30.2 Å². The second-order valence-electron chi connectivity index (χ2n) is 2.65. The predicted octanol–water partition coefficient (Wildman–Crippen LogP) is 2.69. The Bertz CT molecular complexity index is 246. The molecule has 1 rings (SSSR count). The van der Waals surface area contributed by atoms with Crippen LogP contribution >= 0.6 is 0 Å². The van der Waals surface area contributed by atoms with Crippen molar-refractivity contribution in [3.8, 4) is 0 Å². The SMILES string of the molecule is CCOC(/C=C/c1ccco1)OCC. The van der Waals surface area contributed by atoms with Crippen LogP contribution in [-0.4, -0.2) is 19.5 Å². The largest absolute Gasteiger partial charge is 0.465 e. The molecule has 0 aliphatic heterocycles. The molecular weight excluding hydrogens is 180 g/mol. The van der Waals surface area contributed by atoms with Gasteiger partial charge in [0.15, 0.2) is 6.29 Å². The van der Waals surface area contributed by atoms with Gasteiger partial charge < -0.3 is 13.9 Å². The lowest BCUT2D eigenvalue weighted by molar-refractivity contribution is -0.103. The highest BCUT2D eigenvalue weighted by Gasteiger charge is 2.01. The summed E-state index contributed by atoms with van der Waals surface area (Å²) in [5.74, 6) is 0.800. The van der Waals surface area contributed by atoms with E-state index in [-0.39, 0.29) is 6.29 Å². The normalized spacial score (nSPS) is 11.6. The highest BCUT2D eigenvalue weighted by atomic mass is 16.7. The zero-order valence-electron chi connectivity index (χ0n) is 8.60. The molecule has 0 atom stereocenters. The Morgan fingerprint density at radius 2 is 2.07 bits per heavy atom. The van der Waals surface area contributed by atoms with E-state index >= 15 is 0 Å². The van der Waals surface area contributed by atoms with Crippen molar-refractivity contribution in [2.75, 3.05) is 13.2 Å². The fourth-order valence-corrected chi connectivity index (χ4v) is 1.05. The maximum atomic E-state index is 5.33. The standard InChI is InChI=1S/C11H16O3/c1-3-12-11(13-4-2)8-7-10-6-5-9-14-10/h5-9,11H,3-4H2,1-2H3/b8-7+. The molecule has 0 N–H and O–H groups in total. The van der Waals surface area contributed by atoms with Crippen molar-refractivity contribution < 1.29 is 13.9 Å². The van der Waals surface area contributed by atoms with Gasteiger partial charge in [0.25, 0.3) is 0 Å². The molecule has 0 spiro atoms. The molecule has 0 bridgehead atoms. The van der Waals surface area contributed by atoms with E-state index in [9.17, 15) is 0 Å². The Morgan fingerprint density at radius 3 is 2.57 bits per heavy atom. The maximum Gasteiger partial charge on any atom is 0.177 e. The quantitative estimate of drug-likeness (QED) is 0.655. The van der Waals surface area contributed by atoms with Gasteiger partial charge in [-0.1, -0.05) is 0 Å². The molecule has 0 fully saturated rings. The van der Waals surface area contributed by atoms with Crippen molar-refractivity contribution >= 4 is 6.08 Å². The molecule has 0 amide bonds. The van der Waals surface area contributed by atoms with E-state index in [0.717, 1.165) is 5.76 Å². The second-order valence-corrected chi connectivity index (χ2v) is 2.65. The van der Waals surface area contributed by atoms with Crippen LogP contribution in [0.25, 0.3) is 6.08 Å². The van der Waals surface area contributed by atoms with Crippen LogP contribution in [0.5, 0.6) is 0 Å². The van der Waals surface area contributed by atoms with Crippen LogP contribution < -0.4 is 0 Å². The first-order valence-corrected chi connectivity index (χ1v) is 4.81. The third-order valence-corrected chi connectivity index (χ3v) is 1.62. The molecule has 0 aromatic carbocycles. The number of rotatable bonds is 6. The summed E-state index contributed by atoms with van der Waals surface area (Å²) in [5, 5.41) is 0. The van der Waals surface area contributed by atoms with Gasteiger partial charge in [-0.25, -0.2) is 0 Å². The monoisotopic (exact) mass is 196 g/mol. The van der Waals surface area contributed by atoms with Gasteiger partial charge in [-0.3, -0.25) is 0 Å². The average molecular weight is 196 g/mol. The Hall–Kier alpha value is -1.06. The van der Waals surface area contributed by atoms with Gasteiger partial charge in [0.05, 0.1) is 6.26 Å². The second kappa shape index (κ2) is 6.40. The zero-order valence-corrected chi connectivity index (χ0v) is 8.60. The fraction of sp³-hybridized carbons (Fsp3) is 0.455. The third kappa shape index (κ3) is 3.77. The average Bonchev–Trinajstić information content (AvgIpc) is 2.67. The Morgan fingerprint density at radius 1 is 1.36 bits per heavy atom. The van der Waals surface area contributed by atoms with Gasteiger partial charge in [-0.15, -0.1) is 0 Å². The van der Waals surface area contributed by atoms with Gasteiger partial charge in [-0.05, 0) is 38.1 Å². The minimum atomic E-state index is -0.282. The molecule has 0 unspecified atom stereocenters. The zero-order chi connectivity index (χ0) is 10.2. The van der Waals surface area contributed by atoms with Crippen molar-refractivity contribution in [2.45, 2.75) is 20.1 Å². The molecule has 1 aromatic heterocycles. The van der Waals surface area contributed by atoms with E-state index in [2.05, 4.69) is 0 Å². The summed E-state index contributed by atoms with van der Waals surface area (Å²) < 4.78 is 15.8. The third-order valence-electron chi connectivity index (χ3n) is 1.62. The number of hydrogen-bond donors (Lipinski definition) is 0. The smallest absolute Gasteiger partial charge is 0.177 e. The highest BCUT2D eigenvalue weighted by molar-refractivity contribution is 5.42. The number of furan rings is 1. The van der Waals surface area contributed by atoms with Gasteiger partial charge in [0.2, 0.25) is 0 Å². The van der Waals surface area contributed by atoms with E-state index in [1.165, 1.54) is 0 Å². The topological polar surface area (TPSA) is 31.6 Å². The summed E-state index contributed by atoms with van der Waals surface area (Å²) in [6.45, 7) is 5.14. The van der Waals surface area contributed by atoms with E-state index in [0.29, 0.717) is 13.2 Å². The predicted molar refractivity (Wildman–Crippen MR) is 54.8 cm³/mol. The van der Waals surface area contributed by atoms with Crippen LogP contribution in [0.4, 0.5) is 0 Å². The van der Waals surface area contributed by atoms with E-state index in [1.807, 2.05) is 38.1 Å². The molecule has 1 heterocycles. The van der Waals surface area contributed by atoms with Crippen molar-refractivity contribution in [1.29, 1.82) is 0 Å². The lowest BCUT2D eigenvalue weighted by atomic mass is 10.4. The molecule has 0 saturated heterocycles. The van der Waals surface area contributed by atoms with Crippen molar-refractivity contribution in [1.82, 2.24) is 0 Å². The Kier molecular flexibility index (Phi) is 5.04. The maximum absolute atomic E-state index is 5.33. The van der Waals surface area contributed by atoms with Gasteiger partial charge in [-0.2, -0.15) is 0 Å².